The summed E-state index contributed by atoms with van der Waals surface area (Å²) in [5, 5.41) is 0. The molecule has 2 aromatic heterocycles. The van der Waals surface area contributed by atoms with Gasteiger partial charge in [0, 0.05) is 12.4 Å². The molecule has 7 heteroatoms. The Hall–Kier alpha value is -1.76. The minimum absolute atomic E-state index is 0.341. The zero-order valence-corrected chi connectivity index (χ0v) is 8.15. The Morgan fingerprint density at radius 1 is 1.21 bits per heavy atom. The SMILES string of the molecule is COc1nccnc1-c1nsnc1N. The van der Waals surface area contributed by atoms with Gasteiger partial charge < -0.3 is 10.5 Å². The normalized spacial score (nSPS) is 10.1. The van der Waals surface area contributed by atoms with E-state index in [1.807, 2.05) is 0 Å². The highest BCUT2D eigenvalue weighted by Crippen LogP contribution is 2.27. The standard InChI is InChI=1S/C7H7N5OS/c1-13-7-5(9-2-3-10-7)4-6(8)12-14-11-4/h2-3H,1H3,(H2,8,12). The fraction of sp³-hybridized carbons (Fsp3) is 0.143. The van der Waals surface area contributed by atoms with Gasteiger partial charge >= 0.3 is 0 Å². The van der Waals surface area contributed by atoms with E-state index in [0.717, 1.165) is 11.7 Å². The van der Waals surface area contributed by atoms with Gasteiger partial charge in [0.15, 0.2) is 17.2 Å². The fourth-order valence-electron chi connectivity index (χ4n) is 0.997. The lowest BCUT2D eigenvalue weighted by molar-refractivity contribution is 0.397. The fourth-order valence-corrected chi connectivity index (χ4v) is 1.47. The van der Waals surface area contributed by atoms with E-state index < -0.39 is 0 Å². The van der Waals surface area contributed by atoms with E-state index in [1.54, 1.807) is 12.4 Å². The quantitative estimate of drug-likeness (QED) is 0.778. The first-order valence-corrected chi connectivity index (χ1v) is 4.49. The van der Waals surface area contributed by atoms with Crippen molar-refractivity contribution in [2.24, 2.45) is 0 Å². The Morgan fingerprint density at radius 3 is 2.64 bits per heavy atom. The van der Waals surface area contributed by atoms with Crippen LogP contribution in [0.25, 0.3) is 11.4 Å². The number of hydrogen-bond acceptors (Lipinski definition) is 7. The molecule has 0 aliphatic carbocycles. The summed E-state index contributed by atoms with van der Waals surface area (Å²) in [7, 11) is 1.52. The van der Waals surface area contributed by atoms with E-state index in [-0.39, 0.29) is 0 Å². The van der Waals surface area contributed by atoms with Crippen molar-refractivity contribution in [1.82, 2.24) is 18.7 Å². The topological polar surface area (TPSA) is 86.8 Å². The second-order valence-corrected chi connectivity index (χ2v) is 2.94. The van der Waals surface area contributed by atoms with Gasteiger partial charge in [-0.05, 0) is 0 Å². The average molecular weight is 209 g/mol. The van der Waals surface area contributed by atoms with E-state index in [4.69, 9.17) is 10.5 Å². The van der Waals surface area contributed by atoms with Gasteiger partial charge in [-0.25, -0.2) is 9.97 Å². The van der Waals surface area contributed by atoms with Gasteiger partial charge in [0.2, 0.25) is 5.88 Å². The van der Waals surface area contributed by atoms with Gasteiger partial charge in [0.05, 0.1) is 18.8 Å². The second-order valence-electron chi connectivity index (χ2n) is 2.41. The van der Waals surface area contributed by atoms with Crippen LogP contribution in [0.3, 0.4) is 0 Å². The van der Waals surface area contributed by atoms with Crippen LogP contribution in [-0.2, 0) is 0 Å². The molecule has 0 aromatic carbocycles. The number of anilines is 1. The molecule has 0 fully saturated rings. The summed E-state index contributed by atoms with van der Waals surface area (Å²) in [6.45, 7) is 0. The van der Waals surface area contributed by atoms with E-state index in [9.17, 15) is 0 Å². The number of hydrogen-bond donors (Lipinski definition) is 1. The van der Waals surface area contributed by atoms with Crippen molar-refractivity contribution in [3.63, 3.8) is 0 Å². The molecule has 0 atom stereocenters. The summed E-state index contributed by atoms with van der Waals surface area (Å²) in [4.78, 5) is 8.08. The molecule has 0 bridgehead atoms. The summed E-state index contributed by atoms with van der Waals surface area (Å²) in [5.74, 6) is 0.737. The number of rotatable bonds is 2. The molecule has 6 nitrogen and oxygen atoms in total. The number of ether oxygens (including phenoxy) is 1. The first-order valence-electron chi connectivity index (χ1n) is 3.76. The molecule has 2 rings (SSSR count). The van der Waals surface area contributed by atoms with Crippen LogP contribution in [0, 0.1) is 0 Å². The summed E-state index contributed by atoms with van der Waals surface area (Å²) in [5.41, 5.74) is 6.64. The van der Waals surface area contributed by atoms with Gasteiger partial charge in [-0.3, -0.25) is 0 Å². The predicted molar refractivity (Wildman–Crippen MR) is 51.9 cm³/mol. The van der Waals surface area contributed by atoms with Crippen LogP contribution >= 0.6 is 11.7 Å². The number of nitrogens with two attached hydrogens (primary N) is 1. The third kappa shape index (κ3) is 1.37. The van der Waals surface area contributed by atoms with Crippen LogP contribution in [0.15, 0.2) is 12.4 Å². The molecule has 0 unspecified atom stereocenters. The molecule has 0 saturated heterocycles. The number of nitrogens with zero attached hydrogens (tertiary/aromatic N) is 4. The van der Waals surface area contributed by atoms with E-state index in [2.05, 4.69) is 18.7 Å². The Morgan fingerprint density at radius 2 is 2.00 bits per heavy atom. The van der Waals surface area contributed by atoms with Crippen LogP contribution < -0.4 is 10.5 Å². The number of methoxy groups -OCH3 is 1. The maximum absolute atomic E-state index is 5.61. The number of nitrogen functional groups attached to an aromatic ring is 1. The molecule has 72 valence electrons. The lowest BCUT2D eigenvalue weighted by Gasteiger charge is -2.02. The molecular weight excluding hydrogens is 202 g/mol. The van der Waals surface area contributed by atoms with Gasteiger partial charge in [-0.2, -0.15) is 8.75 Å². The molecule has 2 heterocycles. The summed E-state index contributed by atoms with van der Waals surface area (Å²) >= 11 is 1.03. The largest absolute Gasteiger partial charge is 0.479 e. The van der Waals surface area contributed by atoms with Crippen molar-refractivity contribution in [2.75, 3.05) is 12.8 Å². The molecule has 14 heavy (non-hydrogen) atoms. The monoisotopic (exact) mass is 209 g/mol. The molecular formula is C7H7N5OS. The van der Waals surface area contributed by atoms with Crippen LogP contribution in [0.5, 0.6) is 5.88 Å². The molecule has 2 aromatic rings. The van der Waals surface area contributed by atoms with Crippen molar-refractivity contribution < 1.29 is 4.74 Å². The maximum atomic E-state index is 5.61. The van der Waals surface area contributed by atoms with Gasteiger partial charge in [-0.1, -0.05) is 0 Å². The molecule has 0 radical (unpaired) electrons. The van der Waals surface area contributed by atoms with Crippen molar-refractivity contribution in [2.45, 2.75) is 0 Å². The van der Waals surface area contributed by atoms with Crippen LogP contribution in [0.4, 0.5) is 5.82 Å². The second kappa shape index (κ2) is 3.54. The highest BCUT2D eigenvalue weighted by atomic mass is 32.1. The molecule has 0 saturated carbocycles. The predicted octanol–water partition coefficient (Wildman–Crippen LogP) is 0.586. The molecule has 2 N–H and O–H groups in total. The Kier molecular flexibility index (Phi) is 2.23. The minimum Gasteiger partial charge on any atom is -0.479 e. The first kappa shape index (κ1) is 8.82. The molecule has 0 amide bonds. The van der Waals surface area contributed by atoms with Gasteiger partial charge in [-0.15, -0.1) is 0 Å². The van der Waals surface area contributed by atoms with E-state index in [0.29, 0.717) is 23.1 Å². The number of aromatic nitrogens is 4. The third-order valence-electron chi connectivity index (χ3n) is 1.60. The molecule has 0 spiro atoms. The Balaban J connectivity index is 2.56. The lowest BCUT2D eigenvalue weighted by atomic mass is 10.3. The van der Waals surface area contributed by atoms with E-state index in [1.165, 1.54) is 7.11 Å². The minimum atomic E-state index is 0.341. The lowest BCUT2D eigenvalue weighted by Crippen LogP contribution is -1.96. The van der Waals surface area contributed by atoms with Crippen molar-refractivity contribution >= 4 is 17.5 Å². The Bertz CT molecular complexity index is 443. The highest BCUT2D eigenvalue weighted by molar-refractivity contribution is 6.99. The summed E-state index contributed by atoms with van der Waals surface area (Å²) in [6.07, 6.45) is 3.09. The van der Waals surface area contributed by atoms with Crippen LogP contribution in [-0.4, -0.2) is 25.8 Å². The van der Waals surface area contributed by atoms with E-state index >= 15 is 0 Å². The first-order chi connectivity index (χ1) is 6.83. The van der Waals surface area contributed by atoms with Crippen molar-refractivity contribution in [1.29, 1.82) is 0 Å². The maximum Gasteiger partial charge on any atom is 0.242 e. The van der Waals surface area contributed by atoms with Crippen molar-refractivity contribution in [3.05, 3.63) is 12.4 Å². The molecule has 0 aliphatic heterocycles. The highest BCUT2D eigenvalue weighted by Gasteiger charge is 2.14. The third-order valence-corrected chi connectivity index (χ3v) is 2.14. The zero-order valence-electron chi connectivity index (χ0n) is 7.34. The van der Waals surface area contributed by atoms with Crippen molar-refractivity contribution in [3.8, 4) is 17.3 Å². The smallest absolute Gasteiger partial charge is 0.242 e. The zero-order chi connectivity index (χ0) is 9.97. The summed E-state index contributed by atoms with van der Waals surface area (Å²) < 4.78 is 12.9. The van der Waals surface area contributed by atoms with Crippen LogP contribution in [0.1, 0.15) is 0 Å². The molecule has 0 aliphatic rings. The van der Waals surface area contributed by atoms with Gasteiger partial charge in [0.1, 0.15) is 0 Å². The van der Waals surface area contributed by atoms with Crippen LogP contribution in [0.2, 0.25) is 0 Å². The Labute approximate surface area is 84.1 Å². The average Bonchev–Trinajstić information content (AvgIpc) is 2.64. The summed E-state index contributed by atoms with van der Waals surface area (Å²) in [6, 6.07) is 0. The van der Waals surface area contributed by atoms with Gasteiger partial charge in [0.25, 0.3) is 0 Å².